The molecule has 1 amide bonds. The van der Waals surface area contributed by atoms with Crippen LogP contribution in [-0.2, 0) is 0 Å². The average Bonchev–Trinajstić information content (AvgIpc) is 2.48. The standard InChI is InChI=1S/C13H19N5O3/c1-10-12(8-11(9-16-10)18(20)21)13(19)15-4-7-17-5-2-14-3-6-17/h8-9,14H,2-7H2,1H3,(H,15,19). The number of aromatic nitrogens is 1. The van der Waals surface area contributed by atoms with Crippen molar-refractivity contribution in [1.29, 1.82) is 0 Å². The summed E-state index contributed by atoms with van der Waals surface area (Å²) in [5.41, 5.74) is 0.567. The van der Waals surface area contributed by atoms with E-state index in [1.54, 1.807) is 6.92 Å². The lowest BCUT2D eigenvalue weighted by Crippen LogP contribution is -2.46. The van der Waals surface area contributed by atoms with Crippen molar-refractivity contribution in [3.05, 3.63) is 33.6 Å². The summed E-state index contributed by atoms with van der Waals surface area (Å²) < 4.78 is 0. The maximum atomic E-state index is 12.1. The lowest BCUT2D eigenvalue weighted by atomic mass is 10.2. The molecule has 114 valence electrons. The van der Waals surface area contributed by atoms with Crippen molar-refractivity contribution in [2.45, 2.75) is 6.92 Å². The van der Waals surface area contributed by atoms with Gasteiger partial charge in [0.15, 0.2) is 0 Å². The highest BCUT2D eigenvalue weighted by molar-refractivity contribution is 5.95. The maximum absolute atomic E-state index is 12.1. The second-order valence-corrected chi connectivity index (χ2v) is 4.93. The molecule has 1 aliphatic heterocycles. The van der Waals surface area contributed by atoms with Gasteiger partial charge < -0.3 is 10.6 Å². The molecule has 0 aromatic carbocycles. The minimum absolute atomic E-state index is 0.173. The van der Waals surface area contributed by atoms with E-state index in [1.807, 2.05) is 0 Å². The predicted molar refractivity (Wildman–Crippen MR) is 77.3 cm³/mol. The third-order valence-electron chi connectivity index (χ3n) is 3.45. The van der Waals surface area contributed by atoms with Gasteiger partial charge in [0.2, 0.25) is 0 Å². The van der Waals surface area contributed by atoms with E-state index in [-0.39, 0.29) is 17.2 Å². The van der Waals surface area contributed by atoms with Gasteiger partial charge in [-0.2, -0.15) is 0 Å². The maximum Gasteiger partial charge on any atom is 0.288 e. The highest BCUT2D eigenvalue weighted by atomic mass is 16.6. The van der Waals surface area contributed by atoms with Crippen LogP contribution in [0.1, 0.15) is 16.1 Å². The lowest BCUT2D eigenvalue weighted by Gasteiger charge is -2.27. The van der Waals surface area contributed by atoms with E-state index in [4.69, 9.17) is 0 Å². The molecular weight excluding hydrogens is 274 g/mol. The second kappa shape index (κ2) is 7.09. The summed E-state index contributed by atoms with van der Waals surface area (Å²) >= 11 is 0. The zero-order valence-electron chi connectivity index (χ0n) is 12.0. The first-order chi connectivity index (χ1) is 10.1. The summed E-state index contributed by atoms with van der Waals surface area (Å²) in [4.78, 5) is 28.4. The number of carbonyl (C=O) groups is 1. The van der Waals surface area contributed by atoms with Crippen molar-refractivity contribution in [2.24, 2.45) is 0 Å². The molecule has 0 aliphatic carbocycles. The third-order valence-corrected chi connectivity index (χ3v) is 3.45. The largest absolute Gasteiger partial charge is 0.351 e. The van der Waals surface area contributed by atoms with Gasteiger partial charge >= 0.3 is 0 Å². The van der Waals surface area contributed by atoms with Gasteiger partial charge in [-0.1, -0.05) is 0 Å². The third kappa shape index (κ3) is 4.20. The van der Waals surface area contributed by atoms with Gasteiger partial charge in [0.1, 0.15) is 6.20 Å². The fourth-order valence-corrected chi connectivity index (χ4v) is 2.21. The molecule has 0 atom stereocenters. The Bertz CT molecular complexity index is 529. The first-order valence-corrected chi connectivity index (χ1v) is 6.90. The minimum Gasteiger partial charge on any atom is -0.351 e. The van der Waals surface area contributed by atoms with Crippen LogP contribution >= 0.6 is 0 Å². The lowest BCUT2D eigenvalue weighted by molar-refractivity contribution is -0.385. The quantitative estimate of drug-likeness (QED) is 0.582. The smallest absolute Gasteiger partial charge is 0.288 e. The summed E-state index contributed by atoms with van der Waals surface area (Å²) in [6, 6.07) is 1.27. The molecule has 1 saturated heterocycles. The Labute approximate surface area is 122 Å². The number of nitro groups is 1. The molecule has 8 heteroatoms. The van der Waals surface area contributed by atoms with Crippen molar-refractivity contribution in [2.75, 3.05) is 39.3 Å². The molecule has 21 heavy (non-hydrogen) atoms. The zero-order chi connectivity index (χ0) is 15.2. The summed E-state index contributed by atoms with van der Waals surface area (Å²) in [5, 5.41) is 16.8. The van der Waals surface area contributed by atoms with Gasteiger partial charge in [-0.15, -0.1) is 0 Å². The van der Waals surface area contributed by atoms with Crippen molar-refractivity contribution in [3.63, 3.8) is 0 Å². The van der Waals surface area contributed by atoms with Gasteiger partial charge in [0, 0.05) is 45.3 Å². The average molecular weight is 293 g/mol. The molecule has 0 spiro atoms. The van der Waals surface area contributed by atoms with Gasteiger partial charge in [-0.3, -0.25) is 24.8 Å². The molecule has 2 rings (SSSR count). The van der Waals surface area contributed by atoms with E-state index >= 15 is 0 Å². The second-order valence-electron chi connectivity index (χ2n) is 4.93. The molecule has 1 fully saturated rings. The molecule has 8 nitrogen and oxygen atoms in total. The number of pyridine rings is 1. The van der Waals surface area contributed by atoms with Crippen LogP contribution < -0.4 is 10.6 Å². The Balaban J connectivity index is 1.90. The molecule has 2 N–H and O–H groups in total. The van der Waals surface area contributed by atoms with Crippen LogP contribution in [0.4, 0.5) is 5.69 Å². The summed E-state index contributed by atoms with van der Waals surface area (Å²) in [6.07, 6.45) is 1.16. The fraction of sp³-hybridized carbons (Fsp3) is 0.538. The number of aryl methyl sites for hydroxylation is 1. The Morgan fingerprint density at radius 1 is 1.52 bits per heavy atom. The van der Waals surface area contributed by atoms with Crippen LogP contribution in [0.15, 0.2) is 12.3 Å². The number of amides is 1. The van der Waals surface area contributed by atoms with Crippen LogP contribution in [0.25, 0.3) is 0 Å². The topological polar surface area (TPSA) is 100 Å². The van der Waals surface area contributed by atoms with E-state index in [9.17, 15) is 14.9 Å². The van der Waals surface area contributed by atoms with Crippen molar-refractivity contribution >= 4 is 11.6 Å². The van der Waals surface area contributed by atoms with Crippen LogP contribution in [0.3, 0.4) is 0 Å². The molecule has 2 heterocycles. The highest BCUT2D eigenvalue weighted by Crippen LogP contribution is 2.14. The van der Waals surface area contributed by atoms with E-state index in [0.717, 1.165) is 38.9 Å². The van der Waals surface area contributed by atoms with Crippen LogP contribution in [0.5, 0.6) is 0 Å². The number of hydrogen-bond donors (Lipinski definition) is 2. The normalized spacial score (nSPS) is 15.7. The minimum atomic E-state index is -0.552. The zero-order valence-corrected chi connectivity index (χ0v) is 12.0. The summed E-state index contributed by atoms with van der Waals surface area (Å²) in [7, 11) is 0. The molecule has 0 saturated carbocycles. The Morgan fingerprint density at radius 2 is 2.24 bits per heavy atom. The van der Waals surface area contributed by atoms with Crippen LogP contribution in [0, 0.1) is 17.0 Å². The van der Waals surface area contributed by atoms with Crippen molar-refractivity contribution < 1.29 is 9.72 Å². The fourth-order valence-electron chi connectivity index (χ4n) is 2.21. The van der Waals surface area contributed by atoms with Crippen molar-refractivity contribution in [1.82, 2.24) is 20.5 Å². The summed E-state index contributed by atoms with van der Waals surface area (Å²) in [6.45, 7) is 6.80. The SMILES string of the molecule is Cc1ncc([N+](=O)[O-])cc1C(=O)NCCN1CCNCC1. The van der Waals surface area contributed by atoms with E-state index < -0.39 is 4.92 Å². The number of piperazine rings is 1. The van der Waals surface area contributed by atoms with E-state index in [1.165, 1.54) is 6.07 Å². The highest BCUT2D eigenvalue weighted by Gasteiger charge is 2.16. The monoisotopic (exact) mass is 293 g/mol. The number of hydrogen-bond acceptors (Lipinski definition) is 6. The first kappa shape index (κ1) is 15.3. The Morgan fingerprint density at radius 3 is 2.90 bits per heavy atom. The van der Waals surface area contributed by atoms with Gasteiger partial charge in [0.05, 0.1) is 16.2 Å². The molecular formula is C13H19N5O3. The molecule has 0 bridgehead atoms. The molecule has 1 aromatic rings. The predicted octanol–water partition coefficient (Wildman–Crippen LogP) is -0.0668. The first-order valence-electron chi connectivity index (χ1n) is 6.90. The van der Waals surface area contributed by atoms with E-state index in [0.29, 0.717) is 12.2 Å². The van der Waals surface area contributed by atoms with Gasteiger partial charge in [-0.05, 0) is 6.92 Å². The van der Waals surface area contributed by atoms with Gasteiger partial charge in [-0.25, -0.2) is 0 Å². The molecule has 1 aromatic heterocycles. The molecule has 0 radical (unpaired) electrons. The van der Waals surface area contributed by atoms with Gasteiger partial charge in [0.25, 0.3) is 11.6 Å². The van der Waals surface area contributed by atoms with Crippen molar-refractivity contribution in [3.8, 4) is 0 Å². The molecule has 1 aliphatic rings. The number of nitrogens with one attached hydrogen (secondary N) is 2. The number of nitrogens with zero attached hydrogens (tertiary/aromatic N) is 3. The van der Waals surface area contributed by atoms with Crippen LogP contribution in [-0.4, -0.2) is 60.0 Å². The van der Waals surface area contributed by atoms with E-state index in [2.05, 4.69) is 20.5 Å². The number of rotatable bonds is 5. The van der Waals surface area contributed by atoms with Crippen LogP contribution in [0.2, 0.25) is 0 Å². The molecule has 0 unspecified atom stereocenters. The Hall–Kier alpha value is -2.06. The summed E-state index contributed by atoms with van der Waals surface area (Å²) in [5.74, 6) is -0.321. The Kier molecular flexibility index (Phi) is 5.18. The number of carbonyl (C=O) groups excluding carboxylic acids is 1.